The third-order valence-electron chi connectivity index (χ3n) is 5.72. The van der Waals surface area contributed by atoms with E-state index in [1.807, 2.05) is 12.1 Å². The highest BCUT2D eigenvalue weighted by atomic mass is 16.5. The molecule has 2 aromatic carbocycles. The second-order valence-corrected chi connectivity index (χ2v) is 7.90. The Bertz CT molecular complexity index is 1030. The van der Waals surface area contributed by atoms with Crippen LogP contribution in [0.25, 0.3) is 22.2 Å². The number of methoxy groups -OCH3 is 1. The zero-order valence-electron chi connectivity index (χ0n) is 17.0. The average Bonchev–Trinajstić information content (AvgIpc) is 2.74. The molecule has 1 aromatic heterocycles. The zero-order chi connectivity index (χ0) is 20.4. The second kappa shape index (κ2) is 8.21. The summed E-state index contributed by atoms with van der Waals surface area (Å²) in [5.41, 5.74) is 11.0. The number of hydrogen-bond donors (Lipinski definition) is 1. The first-order valence-electron chi connectivity index (χ1n) is 10.1. The molecule has 1 unspecified atom stereocenters. The smallest absolute Gasteiger partial charge is 0.221 e. The van der Waals surface area contributed by atoms with Crippen molar-refractivity contribution in [2.45, 2.75) is 26.3 Å². The Hall–Kier alpha value is -2.92. The van der Waals surface area contributed by atoms with Crippen molar-refractivity contribution >= 4 is 16.8 Å². The number of hydrogen-bond acceptors (Lipinski definition) is 4. The van der Waals surface area contributed by atoms with Crippen LogP contribution >= 0.6 is 0 Å². The molecule has 3 aromatic rings. The fourth-order valence-electron chi connectivity index (χ4n) is 4.11. The molecule has 4 rings (SSSR count). The van der Waals surface area contributed by atoms with Crippen LogP contribution in [0.5, 0.6) is 5.75 Å². The fraction of sp³-hybridized carbons (Fsp3) is 0.333. The Morgan fingerprint density at radius 3 is 2.72 bits per heavy atom. The molecule has 1 saturated heterocycles. The van der Waals surface area contributed by atoms with Gasteiger partial charge in [-0.15, -0.1) is 0 Å². The van der Waals surface area contributed by atoms with Gasteiger partial charge in [-0.25, -0.2) is 4.98 Å². The monoisotopic (exact) mass is 389 g/mol. The predicted octanol–water partition coefficient (Wildman–Crippen LogP) is 3.92. The first-order chi connectivity index (χ1) is 14.0. The molecule has 1 amide bonds. The van der Waals surface area contributed by atoms with E-state index in [1.165, 1.54) is 5.56 Å². The van der Waals surface area contributed by atoms with Crippen LogP contribution in [0.1, 0.15) is 24.0 Å². The van der Waals surface area contributed by atoms with Gasteiger partial charge in [-0.05, 0) is 73.8 Å². The molecule has 1 aliphatic rings. The van der Waals surface area contributed by atoms with Crippen LogP contribution in [0.4, 0.5) is 0 Å². The van der Waals surface area contributed by atoms with Gasteiger partial charge in [0.1, 0.15) is 5.75 Å². The van der Waals surface area contributed by atoms with Crippen molar-refractivity contribution in [3.8, 4) is 17.0 Å². The molecule has 0 aliphatic carbocycles. The molecule has 29 heavy (non-hydrogen) atoms. The summed E-state index contributed by atoms with van der Waals surface area (Å²) in [4.78, 5) is 19.0. The van der Waals surface area contributed by atoms with Crippen LogP contribution in [0.3, 0.4) is 0 Å². The van der Waals surface area contributed by atoms with Crippen molar-refractivity contribution in [1.82, 2.24) is 9.88 Å². The molecule has 0 radical (unpaired) electrons. The van der Waals surface area contributed by atoms with Gasteiger partial charge in [-0.1, -0.05) is 12.1 Å². The number of carbonyl (C=O) groups is 1. The van der Waals surface area contributed by atoms with Crippen LogP contribution < -0.4 is 10.5 Å². The number of primary amides is 1. The van der Waals surface area contributed by atoms with Crippen LogP contribution in [0.15, 0.2) is 48.5 Å². The molecule has 1 fully saturated rings. The number of aryl methyl sites for hydroxylation is 1. The summed E-state index contributed by atoms with van der Waals surface area (Å²) in [6, 6.07) is 16.6. The topological polar surface area (TPSA) is 68.4 Å². The van der Waals surface area contributed by atoms with E-state index in [1.54, 1.807) is 7.11 Å². The summed E-state index contributed by atoms with van der Waals surface area (Å²) in [5.74, 6) is 0.564. The normalized spacial score (nSPS) is 17.4. The van der Waals surface area contributed by atoms with E-state index in [-0.39, 0.29) is 11.8 Å². The van der Waals surface area contributed by atoms with Crippen molar-refractivity contribution in [2.75, 3.05) is 20.2 Å². The minimum atomic E-state index is -0.197. The maximum absolute atomic E-state index is 11.7. The minimum absolute atomic E-state index is 0.0655. The molecule has 0 bridgehead atoms. The van der Waals surface area contributed by atoms with E-state index in [0.717, 1.165) is 59.4 Å². The number of nitrogens with zero attached hydrogens (tertiary/aromatic N) is 2. The Labute approximate surface area is 171 Å². The van der Waals surface area contributed by atoms with Gasteiger partial charge in [-0.2, -0.15) is 0 Å². The van der Waals surface area contributed by atoms with E-state index >= 15 is 0 Å². The van der Waals surface area contributed by atoms with Gasteiger partial charge in [0.05, 0.1) is 24.2 Å². The molecule has 1 aliphatic heterocycles. The van der Waals surface area contributed by atoms with Gasteiger partial charge in [0, 0.05) is 24.0 Å². The number of piperidine rings is 1. The Balaban J connectivity index is 1.74. The Kier molecular flexibility index (Phi) is 5.49. The lowest BCUT2D eigenvalue weighted by molar-refractivity contribution is -0.123. The Morgan fingerprint density at radius 1 is 1.21 bits per heavy atom. The summed E-state index contributed by atoms with van der Waals surface area (Å²) in [7, 11) is 1.67. The number of likely N-dealkylation sites (tertiary alicyclic amines) is 1. The van der Waals surface area contributed by atoms with E-state index in [2.05, 4.69) is 48.2 Å². The second-order valence-electron chi connectivity index (χ2n) is 7.90. The van der Waals surface area contributed by atoms with Crippen LogP contribution in [0.2, 0.25) is 0 Å². The molecule has 5 heteroatoms. The number of fused-ring (bicyclic) bond motifs is 1. The lowest BCUT2D eigenvalue weighted by atomic mass is 9.96. The standard InChI is InChI=1S/C24H27N3O2/c1-16-5-6-18-13-20(15-27-11-3-4-19(14-27)24(25)28)23(26-22(18)12-16)17-7-9-21(29-2)10-8-17/h5-10,12-13,19H,3-4,11,14-15H2,1-2H3,(H2,25,28). The van der Waals surface area contributed by atoms with Gasteiger partial charge in [-0.3, -0.25) is 9.69 Å². The molecular weight excluding hydrogens is 362 g/mol. The number of rotatable bonds is 5. The highest BCUT2D eigenvalue weighted by Gasteiger charge is 2.25. The SMILES string of the molecule is COc1ccc(-c2nc3cc(C)ccc3cc2CN2CCCC(C(N)=O)C2)cc1. The largest absolute Gasteiger partial charge is 0.497 e. The van der Waals surface area contributed by atoms with Crippen LogP contribution in [-0.4, -0.2) is 36.0 Å². The predicted molar refractivity (Wildman–Crippen MR) is 116 cm³/mol. The highest BCUT2D eigenvalue weighted by molar-refractivity contribution is 5.84. The maximum Gasteiger partial charge on any atom is 0.221 e. The number of benzene rings is 2. The first-order valence-corrected chi connectivity index (χ1v) is 10.1. The number of carbonyl (C=O) groups excluding carboxylic acids is 1. The van der Waals surface area contributed by atoms with Gasteiger partial charge in [0.15, 0.2) is 0 Å². The summed E-state index contributed by atoms with van der Waals surface area (Å²) in [5, 5.41) is 1.13. The molecule has 0 saturated carbocycles. The van der Waals surface area contributed by atoms with Crippen molar-refractivity contribution in [3.05, 3.63) is 59.7 Å². The van der Waals surface area contributed by atoms with Crippen molar-refractivity contribution in [2.24, 2.45) is 11.7 Å². The average molecular weight is 389 g/mol. The van der Waals surface area contributed by atoms with Gasteiger partial charge in [0.2, 0.25) is 5.91 Å². The van der Waals surface area contributed by atoms with Crippen molar-refractivity contribution in [3.63, 3.8) is 0 Å². The van der Waals surface area contributed by atoms with Gasteiger partial charge in [0.25, 0.3) is 0 Å². The quantitative estimate of drug-likeness (QED) is 0.718. The number of nitrogens with two attached hydrogens (primary N) is 1. The minimum Gasteiger partial charge on any atom is -0.497 e. The van der Waals surface area contributed by atoms with E-state index < -0.39 is 0 Å². The molecular formula is C24H27N3O2. The molecule has 5 nitrogen and oxygen atoms in total. The first kappa shape index (κ1) is 19.4. The molecule has 150 valence electrons. The van der Waals surface area contributed by atoms with Crippen molar-refractivity contribution in [1.29, 1.82) is 0 Å². The lowest BCUT2D eigenvalue weighted by Gasteiger charge is -2.31. The van der Waals surface area contributed by atoms with Crippen LogP contribution in [-0.2, 0) is 11.3 Å². The Morgan fingerprint density at radius 2 is 2.00 bits per heavy atom. The number of amides is 1. The molecule has 0 spiro atoms. The fourth-order valence-corrected chi connectivity index (χ4v) is 4.11. The van der Waals surface area contributed by atoms with Gasteiger partial charge < -0.3 is 10.5 Å². The summed E-state index contributed by atoms with van der Waals surface area (Å²) >= 11 is 0. The third-order valence-corrected chi connectivity index (χ3v) is 5.72. The number of aromatic nitrogens is 1. The zero-order valence-corrected chi connectivity index (χ0v) is 17.0. The van der Waals surface area contributed by atoms with Crippen molar-refractivity contribution < 1.29 is 9.53 Å². The summed E-state index contributed by atoms with van der Waals surface area (Å²) in [6.45, 7) is 4.52. The molecule has 2 N–H and O–H groups in total. The maximum atomic E-state index is 11.7. The summed E-state index contributed by atoms with van der Waals surface area (Å²) in [6.07, 6.45) is 1.87. The van der Waals surface area contributed by atoms with E-state index in [4.69, 9.17) is 15.5 Å². The molecule has 2 heterocycles. The van der Waals surface area contributed by atoms with E-state index in [0.29, 0.717) is 6.54 Å². The van der Waals surface area contributed by atoms with E-state index in [9.17, 15) is 4.79 Å². The number of ether oxygens (including phenoxy) is 1. The van der Waals surface area contributed by atoms with Crippen LogP contribution in [0, 0.1) is 12.8 Å². The number of pyridine rings is 1. The lowest BCUT2D eigenvalue weighted by Crippen LogP contribution is -2.40. The van der Waals surface area contributed by atoms with Gasteiger partial charge >= 0.3 is 0 Å². The summed E-state index contributed by atoms with van der Waals surface area (Å²) < 4.78 is 5.30. The third kappa shape index (κ3) is 4.25. The molecule has 1 atom stereocenters. The highest BCUT2D eigenvalue weighted by Crippen LogP contribution is 2.30.